The lowest BCUT2D eigenvalue weighted by Crippen LogP contribution is -2.34. The number of hydrogen-bond acceptors (Lipinski definition) is 2. The molecule has 1 rings (SSSR count). The maximum absolute atomic E-state index is 3.50. The molecule has 1 atom stereocenters. The first-order chi connectivity index (χ1) is 7.13. The number of rotatable bonds is 5. The van der Waals surface area contributed by atoms with Gasteiger partial charge in [0.05, 0.1) is 0 Å². The second-order valence-electron chi connectivity index (χ2n) is 3.92. The zero-order valence-corrected chi connectivity index (χ0v) is 11.2. The van der Waals surface area contributed by atoms with E-state index in [1.807, 2.05) is 7.05 Å². The summed E-state index contributed by atoms with van der Waals surface area (Å²) in [6.07, 6.45) is 0. The average Bonchev–Trinajstić information content (AvgIpc) is 2.20. The molecule has 0 saturated heterocycles. The minimum Gasteiger partial charge on any atom is -0.318 e. The molecule has 84 valence electrons. The van der Waals surface area contributed by atoms with Crippen LogP contribution in [-0.2, 0) is 6.54 Å². The molecule has 0 aliphatic heterocycles. The highest BCUT2D eigenvalue weighted by Gasteiger charge is 2.01. The van der Waals surface area contributed by atoms with Gasteiger partial charge in [-0.05, 0) is 38.1 Å². The number of aryl methyl sites for hydroxylation is 1. The number of benzene rings is 1. The molecule has 0 spiro atoms. The van der Waals surface area contributed by atoms with Gasteiger partial charge in [-0.25, -0.2) is 0 Å². The summed E-state index contributed by atoms with van der Waals surface area (Å²) < 4.78 is 1.18. The zero-order chi connectivity index (χ0) is 11.3. The Labute approximate surface area is 101 Å². The highest BCUT2D eigenvalue weighted by Crippen LogP contribution is 2.16. The predicted octanol–water partition coefficient (Wildman–Crippen LogP) is 2.46. The number of nitrogens with one attached hydrogen (secondary N) is 2. The molecule has 0 saturated carbocycles. The molecule has 0 radical (unpaired) electrons. The molecule has 3 heteroatoms. The summed E-state index contributed by atoms with van der Waals surface area (Å²) in [4.78, 5) is 0. The van der Waals surface area contributed by atoms with Crippen molar-refractivity contribution in [3.8, 4) is 0 Å². The fourth-order valence-corrected chi connectivity index (χ4v) is 1.73. The minimum absolute atomic E-state index is 0.499. The Morgan fingerprint density at radius 2 is 2.13 bits per heavy atom. The van der Waals surface area contributed by atoms with Crippen LogP contribution in [0.15, 0.2) is 22.7 Å². The van der Waals surface area contributed by atoms with E-state index in [1.54, 1.807) is 0 Å². The molecule has 0 bridgehead atoms. The first kappa shape index (κ1) is 12.7. The lowest BCUT2D eigenvalue weighted by atomic mass is 10.1. The molecule has 0 aromatic heterocycles. The smallest absolute Gasteiger partial charge is 0.0208 e. The molecular formula is C12H19BrN2. The van der Waals surface area contributed by atoms with Crippen molar-refractivity contribution < 1.29 is 0 Å². The second-order valence-corrected chi connectivity index (χ2v) is 4.78. The Morgan fingerprint density at radius 3 is 2.73 bits per heavy atom. The monoisotopic (exact) mass is 270 g/mol. The van der Waals surface area contributed by atoms with E-state index < -0.39 is 0 Å². The molecular weight excluding hydrogens is 252 g/mol. The van der Waals surface area contributed by atoms with Gasteiger partial charge in [0, 0.05) is 23.6 Å². The van der Waals surface area contributed by atoms with Gasteiger partial charge < -0.3 is 10.6 Å². The molecule has 15 heavy (non-hydrogen) atoms. The Kier molecular flexibility index (Phi) is 5.29. The molecule has 1 aromatic carbocycles. The van der Waals surface area contributed by atoms with Crippen molar-refractivity contribution in [1.29, 1.82) is 0 Å². The average molecular weight is 271 g/mol. The van der Waals surface area contributed by atoms with Crippen molar-refractivity contribution in [2.24, 2.45) is 0 Å². The van der Waals surface area contributed by atoms with Crippen LogP contribution in [0.25, 0.3) is 0 Å². The quantitative estimate of drug-likeness (QED) is 0.859. The van der Waals surface area contributed by atoms with Crippen LogP contribution in [-0.4, -0.2) is 19.6 Å². The molecule has 0 fully saturated rings. The second kappa shape index (κ2) is 6.26. The molecule has 0 aliphatic carbocycles. The number of halogens is 1. The molecule has 0 aliphatic rings. The first-order valence-electron chi connectivity index (χ1n) is 5.26. The van der Waals surface area contributed by atoms with E-state index in [-0.39, 0.29) is 0 Å². The van der Waals surface area contributed by atoms with E-state index in [9.17, 15) is 0 Å². The largest absolute Gasteiger partial charge is 0.318 e. The maximum atomic E-state index is 3.50. The van der Waals surface area contributed by atoms with Gasteiger partial charge in [-0.2, -0.15) is 0 Å². The van der Waals surface area contributed by atoms with Crippen molar-refractivity contribution in [2.75, 3.05) is 13.6 Å². The third kappa shape index (κ3) is 4.33. The molecule has 1 unspecified atom stereocenters. The van der Waals surface area contributed by atoms with E-state index in [0.29, 0.717) is 6.04 Å². The van der Waals surface area contributed by atoms with Gasteiger partial charge in [-0.15, -0.1) is 0 Å². The van der Waals surface area contributed by atoms with Crippen LogP contribution >= 0.6 is 15.9 Å². The van der Waals surface area contributed by atoms with E-state index in [0.717, 1.165) is 13.1 Å². The third-order valence-corrected chi connectivity index (χ3v) is 3.28. The summed E-state index contributed by atoms with van der Waals surface area (Å²) >= 11 is 3.50. The van der Waals surface area contributed by atoms with Crippen LogP contribution in [0.5, 0.6) is 0 Å². The summed E-state index contributed by atoms with van der Waals surface area (Å²) in [7, 11) is 1.97. The van der Waals surface area contributed by atoms with Crippen molar-refractivity contribution in [1.82, 2.24) is 10.6 Å². The van der Waals surface area contributed by atoms with Gasteiger partial charge in [-0.1, -0.05) is 28.1 Å². The zero-order valence-electron chi connectivity index (χ0n) is 9.60. The van der Waals surface area contributed by atoms with Gasteiger partial charge in [0.2, 0.25) is 0 Å². The maximum Gasteiger partial charge on any atom is 0.0208 e. The Bertz CT molecular complexity index is 312. The minimum atomic E-state index is 0.499. The summed E-state index contributed by atoms with van der Waals surface area (Å²) in [6.45, 7) is 6.22. The normalized spacial score (nSPS) is 12.8. The van der Waals surface area contributed by atoms with E-state index >= 15 is 0 Å². The van der Waals surface area contributed by atoms with Gasteiger partial charge in [0.15, 0.2) is 0 Å². The molecule has 2 nitrogen and oxygen atoms in total. The van der Waals surface area contributed by atoms with Gasteiger partial charge in [0.25, 0.3) is 0 Å². The Balaban J connectivity index is 2.47. The van der Waals surface area contributed by atoms with Crippen LogP contribution in [0, 0.1) is 6.92 Å². The van der Waals surface area contributed by atoms with Gasteiger partial charge in [-0.3, -0.25) is 0 Å². The SMILES string of the molecule is CNCC(C)NCc1ccc(Br)c(C)c1. The Hall–Kier alpha value is -0.380. The summed E-state index contributed by atoms with van der Waals surface area (Å²) in [5, 5.41) is 6.62. The number of likely N-dealkylation sites (N-methyl/N-ethyl adjacent to an activating group) is 1. The highest BCUT2D eigenvalue weighted by molar-refractivity contribution is 9.10. The van der Waals surface area contributed by atoms with Crippen LogP contribution in [0.2, 0.25) is 0 Å². The molecule has 2 N–H and O–H groups in total. The van der Waals surface area contributed by atoms with Crippen molar-refractivity contribution in [2.45, 2.75) is 26.4 Å². The van der Waals surface area contributed by atoms with Gasteiger partial charge >= 0.3 is 0 Å². The Morgan fingerprint density at radius 1 is 1.40 bits per heavy atom. The molecule has 1 aromatic rings. The number of hydrogen-bond donors (Lipinski definition) is 2. The van der Waals surface area contributed by atoms with Crippen LogP contribution in [0.3, 0.4) is 0 Å². The van der Waals surface area contributed by atoms with Crippen LogP contribution < -0.4 is 10.6 Å². The summed E-state index contributed by atoms with van der Waals surface area (Å²) in [6, 6.07) is 6.97. The predicted molar refractivity (Wildman–Crippen MR) is 69.1 cm³/mol. The van der Waals surface area contributed by atoms with Crippen molar-refractivity contribution >= 4 is 15.9 Å². The highest BCUT2D eigenvalue weighted by atomic mass is 79.9. The third-order valence-electron chi connectivity index (χ3n) is 2.39. The first-order valence-corrected chi connectivity index (χ1v) is 6.05. The topological polar surface area (TPSA) is 24.1 Å². The summed E-state index contributed by atoms with van der Waals surface area (Å²) in [5.74, 6) is 0. The fraction of sp³-hybridized carbons (Fsp3) is 0.500. The van der Waals surface area contributed by atoms with Gasteiger partial charge in [0.1, 0.15) is 0 Å². The van der Waals surface area contributed by atoms with Crippen LogP contribution in [0.1, 0.15) is 18.1 Å². The molecule has 0 heterocycles. The van der Waals surface area contributed by atoms with E-state index in [4.69, 9.17) is 0 Å². The standard InChI is InChI=1S/C12H19BrN2/c1-9-6-11(4-5-12(9)13)8-15-10(2)7-14-3/h4-6,10,14-15H,7-8H2,1-3H3. The summed E-state index contributed by atoms with van der Waals surface area (Å²) in [5.41, 5.74) is 2.62. The van der Waals surface area contributed by atoms with E-state index in [2.05, 4.69) is 58.6 Å². The fourth-order valence-electron chi connectivity index (χ4n) is 1.49. The van der Waals surface area contributed by atoms with Crippen molar-refractivity contribution in [3.63, 3.8) is 0 Å². The lowest BCUT2D eigenvalue weighted by molar-refractivity contribution is 0.523. The van der Waals surface area contributed by atoms with E-state index in [1.165, 1.54) is 15.6 Å². The molecule has 0 amide bonds. The van der Waals surface area contributed by atoms with Crippen molar-refractivity contribution in [3.05, 3.63) is 33.8 Å². The van der Waals surface area contributed by atoms with Crippen LogP contribution in [0.4, 0.5) is 0 Å². The lowest BCUT2D eigenvalue weighted by Gasteiger charge is -2.13.